The van der Waals surface area contributed by atoms with Gasteiger partial charge in [-0.15, -0.1) is 0 Å². The lowest BCUT2D eigenvalue weighted by Crippen LogP contribution is -2.23. The lowest BCUT2D eigenvalue weighted by molar-refractivity contribution is -0.108. The van der Waals surface area contributed by atoms with Crippen molar-refractivity contribution in [2.24, 2.45) is 5.73 Å². The zero-order chi connectivity index (χ0) is 7.84. The van der Waals surface area contributed by atoms with Gasteiger partial charge in [0.25, 0.3) is 0 Å². The van der Waals surface area contributed by atoms with Crippen molar-refractivity contribution in [2.45, 2.75) is 12.5 Å². The molecule has 0 heterocycles. The quantitative estimate of drug-likeness (QED) is 0.650. The summed E-state index contributed by atoms with van der Waals surface area (Å²) in [6.45, 7) is 0. The number of hydrogen-bond donors (Lipinski definition) is 1. The Bertz CT molecular complexity index is 286. The van der Waals surface area contributed by atoms with Gasteiger partial charge < -0.3 is 10.5 Å². The maximum Gasteiger partial charge on any atom is 0.137 e. The third-order valence-electron chi connectivity index (χ3n) is 1.89. The molecule has 2 aliphatic carbocycles. The minimum atomic E-state index is -0.337. The van der Waals surface area contributed by atoms with Gasteiger partial charge in [0.1, 0.15) is 6.29 Å². The van der Waals surface area contributed by atoms with Crippen molar-refractivity contribution >= 4 is 6.29 Å². The summed E-state index contributed by atoms with van der Waals surface area (Å²) in [5, 5.41) is 0. The van der Waals surface area contributed by atoms with E-state index in [-0.39, 0.29) is 6.04 Å². The first-order valence-electron chi connectivity index (χ1n) is 3.65. The van der Waals surface area contributed by atoms with Crippen molar-refractivity contribution in [1.82, 2.24) is 0 Å². The number of fused-ring (bicyclic) bond motifs is 1. The Morgan fingerprint density at radius 3 is 2.55 bits per heavy atom. The van der Waals surface area contributed by atoms with Crippen molar-refractivity contribution < 1.29 is 4.79 Å². The highest BCUT2D eigenvalue weighted by Gasteiger charge is 2.14. The number of hydrogen-bond acceptors (Lipinski definition) is 2. The molecule has 0 bridgehead atoms. The molecule has 1 atom stereocenters. The molecule has 0 saturated carbocycles. The summed E-state index contributed by atoms with van der Waals surface area (Å²) >= 11 is 0. The Kier molecular flexibility index (Phi) is 1.29. The molecule has 2 aliphatic rings. The number of benzene rings is 1. The van der Waals surface area contributed by atoms with Crippen LogP contribution in [0.3, 0.4) is 0 Å². The SMILES string of the molecule is N[C@@H](C=O)Cc1cc2cc-2c1. The Labute approximate surface area is 65.0 Å². The van der Waals surface area contributed by atoms with Gasteiger partial charge in [-0.05, 0) is 29.2 Å². The van der Waals surface area contributed by atoms with Gasteiger partial charge in [-0.3, -0.25) is 0 Å². The lowest BCUT2D eigenvalue weighted by Gasteiger charge is -1.99. The minimum absolute atomic E-state index is 0.337. The standard InChI is InChI=1S/C9H9NO/c10-9(5-11)3-6-1-7-4-8(7)2-6/h1-2,4-5,9H,3,10H2/t9-/m1/s1. The van der Waals surface area contributed by atoms with Crippen LogP contribution >= 0.6 is 0 Å². The first kappa shape index (κ1) is 6.55. The Hall–Kier alpha value is -1.15. The minimum Gasteiger partial charge on any atom is -0.321 e. The third-order valence-corrected chi connectivity index (χ3v) is 1.89. The van der Waals surface area contributed by atoms with Crippen molar-refractivity contribution in [1.29, 1.82) is 0 Å². The predicted octanol–water partition coefficient (Wildman–Crippen LogP) is 0.736. The summed E-state index contributed by atoms with van der Waals surface area (Å²) in [7, 11) is 0. The number of aldehydes is 1. The molecule has 2 rings (SSSR count). The lowest BCUT2D eigenvalue weighted by atomic mass is 10.1. The van der Waals surface area contributed by atoms with Gasteiger partial charge in [-0.1, -0.05) is 12.1 Å². The van der Waals surface area contributed by atoms with E-state index in [2.05, 4.69) is 18.2 Å². The fourth-order valence-electron chi connectivity index (χ4n) is 1.26. The van der Waals surface area contributed by atoms with E-state index in [9.17, 15) is 4.79 Å². The van der Waals surface area contributed by atoms with Crippen molar-refractivity contribution in [3.05, 3.63) is 23.8 Å². The average molecular weight is 147 g/mol. The zero-order valence-electron chi connectivity index (χ0n) is 6.08. The van der Waals surface area contributed by atoms with Crippen LogP contribution in [0, 0.1) is 0 Å². The predicted molar refractivity (Wildman–Crippen MR) is 43.2 cm³/mol. The molecule has 0 spiro atoms. The largest absolute Gasteiger partial charge is 0.321 e. The van der Waals surface area contributed by atoms with Crippen LogP contribution < -0.4 is 5.73 Å². The third kappa shape index (κ3) is 1.17. The first-order valence-corrected chi connectivity index (χ1v) is 3.65. The highest BCUT2D eigenvalue weighted by atomic mass is 16.1. The Balaban J connectivity index is 2.05. The summed E-state index contributed by atoms with van der Waals surface area (Å²) in [6.07, 6.45) is 1.46. The fraction of sp³-hybridized carbons (Fsp3) is 0.222. The van der Waals surface area contributed by atoms with E-state index in [0.717, 1.165) is 6.29 Å². The van der Waals surface area contributed by atoms with Crippen molar-refractivity contribution in [3.63, 3.8) is 0 Å². The molecule has 2 heteroatoms. The summed E-state index contributed by atoms with van der Waals surface area (Å²) in [4.78, 5) is 10.2. The maximum atomic E-state index is 10.2. The monoisotopic (exact) mass is 147 g/mol. The molecule has 0 aliphatic heterocycles. The van der Waals surface area contributed by atoms with Gasteiger partial charge in [0, 0.05) is 0 Å². The molecule has 0 fully saturated rings. The fourth-order valence-corrected chi connectivity index (χ4v) is 1.26. The maximum absolute atomic E-state index is 10.2. The molecule has 0 saturated heterocycles. The summed E-state index contributed by atoms with van der Waals surface area (Å²) < 4.78 is 0. The number of rotatable bonds is 3. The molecule has 2 nitrogen and oxygen atoms in total. The topological polar surface area (TPSA) is 43.1 Å². The van der Waals surface area contributed by atoms with E-state index in [0.29, 0.717) is 6.42 Å². The number of carbonyl (C=O) groups is 1. The summed E-state index contributed by atoms with van der Waals surface area (Å²) in [5.41, 5.74) is 9.24. The van der Waals surface area contributed by atoms with Crippen LogP contribution in [0.5, 0.6) is 0 Å². The van der Waals surface area contributed by atoms with Gasteiger partial charge in [0.2, 0.25) is 0 Å². The molecule has 2 N–H and O–H groups in total. The Morgan fingerprint density at radius 1 is 1.36 bits per heavy atom. The molecule has 0 radical (unpaired) electrons. The Morgan fingerprint density at radius 2 is 2.00 bits per heavy atom. The van der Waals surface area contributed by atoms with E-state index < -0.39 is 0 Å². The second-order valence-electron chi connectivity index (χ2n) is 2.92. The highest BCUT2D eigenvalue weighted by molar-refractivity contribution is 5.82. The molecule has 0 aromatic rings. The molecular formula is C9H9NO. The van der Waals surface area contributed by atoms with E-state index in [4.69, 9.17) is 5.73 Å². The molecule has 0 amide bonds. The van der Waals surface area contributed by atoms with Crippen LogP contribution in [-0.2, 0) is 11.2 Å². The van der Waals surface area contributed by atoms with E-state index in [1.165, 1.54) is 16.7 Å². The van der Waals surface area contributed by atoms with E-state index >= 15 is 0 Å². The van der Waals surface area contributed by atoms with Gasteiger partial charge in [0.15, 0.2) is 0 Å². The molecular weight excluding hydrogens is 138 g/mol. The van der Waals surface area contributed by atoms with Crippen LogP contribution in [-0.4, -0.2) is 12.3 Å². The molecule has 11 heavy (non-hydrogen) atoms. The van der Waals surface area contributed by atoms with Crippen LogP contribution in [0.4, 0.5) is 0 Å². The van der Waals surface area contributed by atoms with Gasteiger partial charge in [0.05, 0.1) is 6.04 Å². The number of carbonyl (C=O) groups excluding carboxylic acids is 1. The summed E-state index contributed by atoms with van der Waals surface area (Å²) in [6, 6.07) is 5.93. The second-order valence-corrected chi connectivity index (χ2v) is 2.92. The van der Waals surface area contributed by atoms with Crippen molar-refractivity contribution in [3.8, 4) is 11.1 Å². The van der Waals surface area contributed by atoms with Crippen LogP contribution in [0.25, 0.3) is 11.1 Å². The van der Waals surface area contributed by atoms with Crippen LogP contribution in [0.1, 0.15) is 5.56 Å². The zero-order valence-corrected chi connectivity index (χ0v) is 6.08. The first-order chi connectivity index (χ1) is 5.29. The molecule has 0 unspecified atom stereocenters. The van der Waals surface area contributed by atoms with Gasteiger partial charge in [-0.25, -0.2) is 0 Å². The molecule has 0 aromatic carbocycles. The average Bonchev–Trinajstić information content (AvgIpc) is 2.60. The smallest absolute Gasteiger partial charge is 0.137 e. The van der Waals surface area contributed by atoms with Crippen molar-refractivity contribution in [2.75, 3.05) is 0 Å². The summed E-state index contributed by atoms with van der Waals surface area (Å²) in [5.74, 6) is 0. The van der Waals surface area contributed by atoms with Crippen LogP contribution in [0.15, 0.2) is 18.2 Å². The van der Waals surface area contributed by atoms with Gasteiger partial charge in [-0.2, -0.15) is 0 Å². The number of nitrogens with two attached hydrogens (primary N) is 1. The molecule has 56 valence electrons. The second kappa shape index (κ2) is 2.17. The van der Waals surface area contributed by atoms with Crippen LogP contribution in [0.2, 0.25) is 0 Å². The molecule has 0 aromatic heterocycles. The highest BCUT2D eigenvalue weighted by Crippen LogP contribution is 2.36. The van der Waals surface area contributed by atoms with E-state index in [1.807, 2.05) is 0 Å². The normalized spacial score (nSPS) is 14.3. The van der Waals surface area contributed by atoms with Gasteiger partial charge >= 0.3 is 0 Å². The van der Waals surface area contributed by atoms with E-state index in [1.54, 1.807) is 0 Å².